The molecule has 0 saturated carbocycles. The second kappa shape index (κ2) is 4.81. The SMILES string of the molecule is Oc1ccc(N2C=CC=CN2)c(N2C=CC=CN2)c1. The Morgan fingerprint density at radius 3 is 2.00 bits per heavy atom. The average Bonchev–Trinajstić information content (AvgIpc) is 2.49. The summed E-state index contributed by atoms with van der Waals surface area (Å²) in [5.41, 5.74) is 7.99. The van der Waals surface area contributed by atoms with E-state index in [0.717, 1.165) is 11.4 Å². The number of nitrogens with zero attached hydrogens (tertiary/aromatic N) is 2. The lowest BCUT2D eigenvalue weighted by Crippen LogP contribution is -2.35. The maximum atomic E-state index is 9.70. The third-order valence-electron chi connectivity index (χ3n) is 2.79. The van der Waals surface area contributed by atoms with Crippen LogP contribution in [0.25, 0.3) is 0 Å². The molecule has 0 bridgehead atoms. The highest BCUT2D eigenvalue weighted by atomic mass is 16.3. The molecule has 2 heterocycles. The second-order valence-corrected chi connectivity index (χ2v) is 4.07. The number of phenols is 1. The topological polar surface area (TPSA) is 50.8 Å². The molecule has 0 spiro atoms. The van der Waals surface area contributed by atoms with Gasteiger partial charge in [-0.1, -0.05) is 0 Å². The van der Waals surface area contributed by atoms with Gasteiger partial charge in [0, 0.05) is 30.9 Å². The van der Waals surface area contributed by atoms with Crippen molar-refractivity contribution in [1.82, 2.24) is 10.9 Å². The maximum Gasteiger partial charge on any atom is 0.117 e. The standard InChI is InChI=1S/C14H14N4O/c19-12-5-6-13(17-9-3-1-7-15-17)14(11-12)18-10-4-2-8-16-18/h1-11,15-16,19H. The molecule has 5 nitrogen and oxygen atoms in total. The predicted molar refractivity (Wildman–Crippen MR) is 75.9 cm³/mol. The van der Waals surface area contributed by atoms with E-state index in [9.17, 15) is 5.11 Å². The molecule has 19 heavy (non-hydrogen) atoms. The minimum atomic E-state index is 0.222. The lowest BCUT2D eigenvalue weighted by atomic mass is 10.2. The van der Waals surface area contributed by atoms with Gasteiger partial charge >= 0.3 is 0 Å². The Bertz CT molecular complexity index is 589. The Labute approximate surface area is 111 Å². The summed E-state index contributed by atoms with van der Waals surface area (Å²) in [6.07, 6.45) is 15.2. The van der Waals surface area contributed by atoms with Crippen molar-refractivity contribution in [3.05, 3.63) is 67.3 Å². The average molecular weight is 254 g/mol. The molecule has 3 N–H and O–H groups in total. The van der Waals surface area contributed by atoms with Crippen LogP contribution in [0.5, 0.6) is 5.75 Å². The number of allylic oxidation sites excluding steroid dienone is 4. The number of anilines is 2. The molecule has 0 fully saturated rings. The molecule has 0 aromatic heterocycles. The lowest BCUT2D eigenvalue weighted by Gasteiger charge is -2.30. The van der Waals surface area contributed by atoms with Gasteiger partial charge in [-0.15, -0.1) is 0 Å². The number of hydrazine groups is 2. The molecule has 1 aromatic rings. The van der Waals surface area contributed by atoms with Crippen LogP contribution in [0, 0.1) is 0 Å². The van der Waals surface area contributed by atoms with Gasteiger partial charge in [-0.25, -0.2) is 0 Å². The van der Waals surface area contributed by atoms with Crippen LogP contribution in [0.1, 0.15) is 0 Å². The Balaban J connectivity index is 1.99. The molecule has 0 amide bonds. The van der Waals surface area contributed by atoms with Gasteiger partial charge in [0.2, 0.25) is 0 Å². The smallest absolute Gasteiger partial charge is 0.117 e. The van der Waals surface area contributed by atoms with Crippen molar-refractivity contribution in [1.29, 1.82) is 0 Å². The fourth-order valence-electron chi connectivity index (χ4n) is 1.92. The number of hydrogen-bond donors (Lipinski definition) is 3. The Morgan fingerprint density at radius 1 is 0.789 bits per heavy atom. The van der Waals surface area contributed by atoms with Gasteiger partial charge in [0.05, 0.1) is 11.4 Å². The van der Waals surface area contributed by atoms with Crippen LogP contribution in [0.15, 0.2) is 67.3 Å². The van der Waals surface area contributed by atoms with Crippen molar-refractivity contribution in [2.45, 2.75) is 0 Å². The number of hydrogen-bond acceptors (Lipinski definition) is 5. The van der Waals surface area contributed by atoms with Crippen molar-refractivity contribution in [2.24, 2.45) is 0 Å². The number of benzene rings is 1. The minimum Gasteiger partial charge on any atom is -0.508 e. The molecular formula is C14H14N4O. The van der Waals surface area contributed by atoms with Gasteiger partial charge in [-0.3, -0.25) is 10.0 Å². The third kappa shape index (κ3) is 2.26. The summed E-state index contributed by atoms with van der Waals surface area (Å²) in [6.45, 7) is 0. The lowest BCUT2D eigenvalue weighted by molar-refractivity contribution is 0.475. The van der Waals surface area contributed by atoms with Gasteiger partial charge in [-0.2, -0.15) is 0 Å². The van der Waals surface area contributed by atoms with Crippen molar-refractivity contribution < 1.29 is 5.11 Å². The summed E-state index contributed by atoms with van der Waals surface area (Å²) in [6, 6.07) is 5.23. The molecular weight excluding hydrogens is 240 g/mol. The van der Waals surface area contributed by atoms with E-state index in [1.54, 1.807) is 12.1 Å². The molecule has 96 valence electrons. The zero-order valence-corrected chi connectivity index (χ0v) is 10.2. The summed E-state index contributed by atoms with van der Waals surface area (Å²) >= 11 is 0. The molecule has 0 unspecified atom stereocenters. The molecule has 0 saturated heterocycles. The van der Waals surface area contributed by atoms with E-state index in [0.29, 0.717) is 0 Å². The first-order chi connectivity index (χ1) is 9.34. The fraction of sp³-hybridized carbons (Fsp3) is 0. The highest BCUT2D eigenvalue weighted by Gasteiger charge is 2.15. The van der Waals surface area contributed by atoms with E-state index in [4.69, 9.17) is 0 Å². The summed E-state index contributed by atoms with van der Waals surface area (Å²) < 4.78 is 0. The van der Waals surface area contributed by atoms with E-state index >= 15 is 0 Å². The van der Waals surface area contributed by atoms with Crippen molar-refractivity contribution in [3.63, 3.8) is 0 Å². The summed E-state index contributed by atoms with van der Waals surface area (Å²) in [5, 5.41) is 13.4. The monoisotopic (exact) mass is 254 g/mol. The van der Waals surface area contributed by atoms with Crippen LogP contribution >= 0.6 is 0 Å². The maximum absolute atomic E-state index is 9.70. The van der Waals surface area contributed by atoms with Gasteiger partial charge < -0.3 is 16.0 Å². The van der Waals surface area contributed by atoms with Crippen LogP contribution in [-0.4, -0.2) is 5.11 Å². The molecule has 0 atom stereocenters. The normalized spacial score (nSPS) is 16.4. The van der Waals surface area contributed by atoms with Crippen LogP contribution in [0.3, 0.4) is 0 Å². The minimum absolute atomic E-state index is 0.222. The highest BCUT2D eigenvalue weighted by Crippen LogP contribution is 2.32. The van der Waals surface area contributed by atoms with E-state index in [1.807, 2.05) is 65.2 Å². The zero-order chi connectivity index (χ0) is 13.1. The molecule has 0 radical (unpaired) electrons. The van der Waals surface area contributed by atoms with Crippen LogP contribution < -0.4 is 20.9 Å². The highest BCUT2D eigenvalue weighted by molar-refractivity contribution is 5.75. The Kier molecular flexibility index (Phi) is 2.86. The van der Waals surface area contributed by atoms with E-state index in [-0.39, 0.29) is 5.75 Å². The predicted octanol–water partition coefficient (Wildman–Crippen LogP) is 2.10. The molecule has 0 aliphatic carbocycles. The van der Waals surface area contributed by atoms with Gasteiger partial charge in [0.25, 0.3) is 0 Å². The summed E-state index contributed by atoms with van der Waals surface area (Å²) in [4.78, 5) is 0. The zero-order valence-electron chi connectivity index (χ0n) is 10.2. The van der Waals surface area contributed by atoms with Gasteiger partial charge in [-0.05, 0) is 36.4 Å². The van der Waals surface area contributed by atoms with Crippen LogP contribution in [0.4, 0.5) is 11.4 Å². The number of aromatic hydroxyl groups is 1. The van der Waals surface area contributed by atoms with Crippen molar-refractivity contribution >= 4 is 11.4 Å². The first kappa shape index (κ1) is 11.3. The molecule has 2 aliphatic heterocycles. The third-order valence-corrected chi connectivity index (χ3v) is 2.79. The largest absolute Gasteiger partial charge is 0.508 e. The molecule has 2 aliphatic rings. The quantitative estimate of drug-likeness (QED) is 0.754. The van der Waals surface area contributed by atoms with Crippen molar-refractivity contribution in [3.8, 4) is 5.75 Å². The number of nitrogens with one attached hydrogen (secondary N) is 2. The van der Waals surface area contributed by atoms with E-state index in [1.165, 1.54) is 0 Å². The molecule has 5 heteroatoms. The van der Waals surface area contributed by atoms with Crippen molar-refractivity contribution in [2.75, 3.05) is 10.0 Å². The second-order valence-electron chi connectivity index (χ2n) is 4.07. The summed E-state index contributed by atoms with van der Waals surface area (Å²) in [5.74, 6) is 0.222. The number of phenolic OH excluding ortho intramolecular Hbond substituents is 1. The number of rotatable bonds is 2. The Hall–Kier alpha value is -2.82. The van der Waals surface area contributed by atoms with Gasteiger partial charge in [0.1, 0.15) is 5.75 Å². The van der Waals surface area contributed by atoms with E-state index in [2.05, 4.69) is 10.9 Å². The molecule has 1 aromatic carbocycles. The summed E-state index contributed by atoms with van der Waals surface area (Å²) in [7, 11) is 0. The molecule has 3 rings (SSSR count). The first-order valence-electron chi connectivity index (χ1n) is 5.95. The fourth-order valence-corrected chi connectivity index (χ4v) is 1.92. The van der Waals surface area contributed by atoms with Gasteiger partial charge in [0.15, 0.2) is 0 Å². The van der Waals surface area contributed by atoms with E-state index < -0.39 is 0 Å². The first-order valence-corrected chi connectivity index (χ1v) is 5.95. The van der Waals surface area contributed by atoms with Crippen LogP contribution in [-0.2, 0) is 0 Å². The van der Waals surface area contributed by atoms with Crippen LogP contribution in [0.2, 0.25) is 0 Å². The Morgan fingerprint density at radius 2 is 1.42 bits per heavy atom.